The molecule has 0 unspecified atom stereocenters. The number of fused-ring (bicyclic) bond motifs is 1. The first kappa shape index (κ1) is 17.2. The van der Waals surface area contributed by atoms with Crippen molar-refractivity contribution in [3.05, 3.63) is 48.0 Å². The van der Waals surface area contributed by atoms with Gasteiger partial charge in [0.15, 0.2) is 11.5 Å². The number of likely N-dealkylation sites (tertiary alicyclic amines) is 1. The van der Waals surface area contributed by atoms with Gasteiger partial charge in [-0.05, 0) is 54.8 Å². The minimum absolute atomic E-state index is 0.0605. The van der Waals surface area contributed by atoms with Crippen LogP contribution in [0.15, 0.2) is 42.5 Å². The van der Waals surface area contributed by atoms with Gasteiger partial charge in [-0.25, -0.2) is 0 Å². The molecule has 6 heteroatoms. The number of hydrogen-bond donors (Lipinski definition) is 0. The zero-order valence-corrected chi connectivity index (χ0v) is 15.8. The first-order valence-electron chi connectivity index (χ1n) is 9.77. The van der Waals surface area contributed by atoms with Gasteiger partial charge in [-0.3, -0.25) is 4.79 Å². The highest BCUT2D eigenvalue weighted by Crippen LogP contribution is 2.45. The summed E-state index contributed by atoms with van der Waals surface area (Å²) in [6.45, 7) is 0.237. The van der Waals surface area contributed by atoms with Gasteiger partial charge in [-0.1, -0.05) is 18.9 Å². The third-order valence-corrected chi connectivity index (χ3v) is 5.86. The monoisotopic (exact) mass is 381 g/mol. The van der Waals surface area contributed by atoms with E-state index in [0.717, 1.165) is 35.7 Å². The molecule has 2 aromatic carbocycles. The largest absolute Gasteiger partial charge is 0.497 e. The standard InChI is InChI=1S/C22H23NO5/c1-25-16-7-9-17(10-8-16)28-21-20(23(22(21)24)15-4-2-3-5-15)14-6-11-18-19(12-14)27-13-26-18/h6-12,15,20-21H,2-5,13H2,1H3/t20-,21+/m1/s1. The highest BCUT2D eigenvalue weighted by Gasteiger charge is 2.53. The van der Waals surface area contributed by atoms with E-state index in [1.807, 2.05) is 47.4 Å². The topological polar surface area (TPSA) is 57.2 Å². The van der Waals surface area contributed by atoms with Crippen LogP contribution in [0.2, 0.25) is 0 Å². The van der Waals surface area contributed by atoms with Gasteiger partial charge in [0.2, 0.25) is 12.9 Å². The number of benzene rings is 2. The van der Waals surface area contributed by atoms with E-state index >= 15 is 0 Å². The van der Waals surface area contributed by atoms with Gasteiger partial charge >= 0.3 is 0 Å². The predicted molar refractivity (Wildman–Crippen MR) is 102 cm³/mol. The summed E-state index contributed by atoms with van der Waals surface area (Å²) in [5, 5.41) is 0. The molecule has 146 valence electrons. The molecule has 1 aliphatic carbocycles. The first-order chi connectivity index (χ1) is 13.7. The smallest absolute Gasteiger partial charge is 0.267 e. The van der Waals surface area contributed by atoms with Crippen molar-refractivity contribution < 1.29 is 23.7 Å². The summed E-state index contributed by atoms with van der Waals surface area (Å²) in [6, 6.07) is 13.4. The average Bonchev–Trinajstić information content (AvgIpc) is 3.41. The van der Waals surface area contributed by atoms with Crippen LogP contribution in [0.3, 0.4) is 0 Å². The lowest BCUT2D eigenvalue weighted by molar-refractivity contribution is -0.169. The summed E-state index contributed by atoms with van der Waals surface area (Å²) in [5.74, 6) is 2.95. The number of carbonyl (C=O) groups excluding carboxylic acids is 1. The minimum atomic E-state index is -0.533. The Morgan fingerprint density at radius 2 is 1.68 bits per heavy atom. The Balaban J connectivity index is 1.43. The van der Waals surface area contributed by atoms with E-state index in [1.165, 1.54) is 12.8 Å². The van der Waals surface area contributed by atoms with Crippen LogP contribution in [-0.2, 0) is 4.79 Å². The van der Waals surface area contributed by atoms with Crippen LogP contribution < -0.4 is 18.9 Å². The predicted octanol–water partition coefficient (Wildman–Crippen LogP) is 3.70. The molecule has 1 saturated heterocycles. The van der Waals surface area contributed by atoms with Crippen molar-refractivity contribution in [3.63, 3.8) is 0 Å². The van der Waals surface area contributed by atoms with Gasteiger partial charge in [0.1, 0.15) is 17.5 Å². The Kier molecular flexibility index (Phi) is 4.26. The number of rotatable bonds is 5. The third kappa shape index (κ3) is 2.84. The van der Waals surface area contributed by atoms with Crippen LogP contribution in [-0.4, -0.2) is 36.9 Å². The highest BCUT2D eigenvalue weighted by molar-refractivity contribution is 5.89. The van der Waals surface area contributed by atoms with Crippen LogP contribution in [0.5, 0.6) is 23.0 Å². The molecule has 0 radical (unpaired) electrons. The summed E-state index contributed by atoms with van der Waals surface area (Å²) in [5.41, 5.74) is 1.02. The summed E-state index contributed by atoms with van der Waals surface area (Å²) in [7, 11) is 1.63. The van der Waals surface area contributed by atoms with Crippen LogP contribution in [0.4, 0.5) is 0 Å². The van der Waals surface area contributed by atoms with Crippen molar-refractivity contribution >= 4 is 5.91 Å². The number of hydrogen-bond acceptors (Lipinski definition) is 5. The molecule has 2 atom stereocenters. The Morgan fingerprint density at radius 1 is 0.964 bits per heavy atom. The molecule has 2 aliphatic heterocycles. The van der Waals surface area contributed by atoms with Crippen molar-refractivity contribution in [3.8, 4) is 23.0 Å². The van der Waals surface area contributed by atoms with Crippen molar-refractivity contribution in [1.82, 2.24) is 4.90 Å². The van der Waals surface area contributed by atoms with E-state index in [0.29, 0.717) is 11.8 Å². The maximum Gasteiger partial charge on any atom is 0.267 e. The van der Waals surface area contributed by atoms with Gasteiger partial charge < -0.3 is 23.8 Å². The maximum atomic E-state index is 13.0. The SMILES string of the molecule is COc1ccc(O[C@@H]2C(=O)N(C3CCCC3)[C@@H]2c2ccc3c(c2)OCO3)cc1. The Bertz CT molecular complexity index is 875. The molecule has 1 saturated carbocycles. The molecule has 6 nitrogen and oxygen atoms in total. The van der Waals surface area contributed by atoms with E-state index in [1.54, 1.807) is 7.11 Å². The van der Waals surface area contributed by atoms with Crippen LogP contribution >= 0.6 is 0 Å². The number of ether oxygens (including phenoxy) is 4. The third-order valence-electron chi connectivity index (χ3n) is 5.86. The molecule has 3 aliphatic rings. The van der Waals surface area contributed by atoms with E-state index in [2.05, 4.69) is 0 Å². The summed E-state index contributed by atoms with van der Waals surface area (Å²) in [4.78, 5) is 15.0. The second kappa shape index (κ2) is 6.93. The summed E-state index contributed by atoms with van der Waals surface area (Å²) < 4.78 is 22.3. The molecule has 0 aromatic heterocycles. The van der Waals surface area contributed by atoms with E-state index in [4.69, 9.17) is 18.9 Å². The van der Waals surface area contributed by atoms with E-state index < -0.39 is 6.10 Å². The molecule has 1 amide bonds. The molecule has 2 heterocycles. The van der Waals surface area contributed by atoms with Gasteiger partial charge in [-0.2, -0.15) is 0 Å². The van der Waals surface area contributed by atoms with Gasteiger partial charge in [0.25, 0.3) is 5.91 Å². The first-order valence-corrected chi connectivity index (χ1v) is 9.77. The lowest BCUT2D eigenvalue weighted by atomic mass is 9.87. The van der Waals surface area contributed by atoms with E-state index in [-0.39, 0.29) is 18.7 Å². The molecular formula is C22H23NO5. The number of nitrogens with zero attached hydrogens (tertiary/aromatic N) is 1. The number of β-lactam (4-membered cyclic amide) rings is 1. The fourth-order valence-electron chi connectivity index (χ4n) is 4.42. The van der Waals surface area contributed by atoms with Gasteiger partial charge in [0, 0.05) is 6.04 Å². The second-order valence-corrected chi connectivity index (χ2v) is 7.46. The molecule has 0 spiro atoms. The number of methoxy groups -OCH3 is 1. The van der Waals surface area contributed by atoms with Crippen molar-refractivity contribution in [1.29, 1.82) is 0 Å². The number of carbonyl (C=O) groups is 1. The normalized spacial score (nSPS) is 23.6. The molecular weight excluding hydrogens is 358 g/mol. The molecule has 2 fully saturated rings. The second-order valence-electron chi connectivity index (χ2n) is 7.46. The van der Waals surface area contributed by atoms with E-state index in [9.17, 15) is 4.79 Å². The maximum absolute atomic E-state index is 13.0. The molecule has 5 rings (SSSR count). The van der Waals surface area contributed by atoms with Gasteiger partial charge in [0.05, 0.1) is 7.11 Å². The average molecular weight is 381 g/mol. The zero-order chi connectivity index (χ0) is 19.1. The molecule has 2 aromatic rings. The lowest BCUT2D eigenvalue weighted by Gasteiger charge is -2.50. The fraction of sp³-hybridized carbons (Fsp3) is 0.409. The van der Waals surface area contributed by atoms with Gasteiger partial charge in [-0.15, -0.1) is 0 Å². The summed E-state index contributed by atoms with van der Waals surface area (Å²) >= 11 is 0. The van der Waals surface area contributed by atoms with Crippen LogP contribution in [0.1, 0.15) is 37.3 Å². The Morgan fingerprint density at radius 3 is 2.43 bits per heavy atom. The highest BCUT2D eigenvalue weighted by atomic mass is 16.7. The van der Waals surface area contributed by atoms with Crippen molar-refractivity contribution in [2.75, 3.05) is 13.9 Å². The summed E-state index contributed by atoms with van der Waals surface area (Å²) in [6.07, 6.45) is 3.93. The van der Waals surface area contributed by atoms with Crippen LogP contribution in [0.25, 0.3) is 0 Å². The van der Waals surface area contributed by atoms with Crippen molar-refractivity contribution in [2.24, 2.45) is 0 Å². The molecule has 0 bridgehead atoms. The quantitative estimate of drug-likeness (QED) is 0.739. The van der Waals surface area contributed by atoms with Crippen molar-refractivity contribution in [2.45, 2.75) is 43.9 Å². The molecule has 28 heavy (non-hydrogen) atoms. The van der Waals surface area contributed by atoms with Crippen LogP contribution in [0, 0.1) is 0 Å². The molecule has 0 N–H and O–H groups in total. The zero-order valence-electron chi connectivity index (χ0n) is 15.8. The number of amides is 1. The minimum Gasteiger partial charge on any atom is -0.497 e. The lowest BCUT2D eigenvalue weighted by Crippen LogP contribution is -2.64. The Labute approximate surface area is 163 Å². The fourth-order valence-corrected chi connectivity index (χ4v) is 4.42. The Hall–Kier alpha value is -2.89.